The minimum absolute atomic E-state index is 0.0297. The number of fused-ring (bicyclic) bond motifs is 1. The van der Waals surface area contributed by atoms with Crippen molar-refractivity contribution in [2.24, 2.45) is 0 Å². The number of aliphatic carboxylic acids is 1. The Hall–Kier alpha value is -4.58. The Labute approximate surface area is 226 Å². The number of carboxylic acids is 1. The molecule has 5 rings (SSSR count). The van der Waals surface area contributed by atoms with E-state index in [9.17, 15) is 26.4 Å². The molecule has 0 radical (unpaired) electrons. The van der Waals surface area contributed by atoms with E-state index in [0.29, 0.717) is 5.69 Å². The number of aromatic nitrogens is 3. The molecule has 0 aliphatic carbocycles. The van der Waals surface area contributed by atoms with Gasteiger partial charge in [-0.15, -0.1) is 0 Å². The Kier molecular flexibility index (Phi) is 6.88. The lowest BCUT2D eigenvalue weighted by Gasteiger charge is -2.13. The second-order valence-electron chi connectivity index (χ2n) is 9.26. The van der Waals surface area contributed by atoms with Crippen molar-refractivity contribution in [3.63, 3.8) is 0 Å². The number of benzene rings is 3. The predicted octanol–water partition coefficient (Wildman–Crippen LogP) is 5.95. The van der Waals surface area contributed by atoms with Gasteiger partial charge in [0.25, 0.3) is 0 Å². The van der Waals surface area contributed by atoms with E-state index in [4.69, 9.17) is 9.84 Å². The summed E-state index contributed by atoms with van der Waals surface area (Å²) in [6, 6.07) is 10.6. The summed E-state index contributed by atoms with van der Waals surface area (Å²) >= 11 is 0. The number of nitrogens with one attached hydrogen (secondary N) is 2. The fraction of sp³-hybridized carbons (Fsp3) is 0.143. The van der Waals surface area contributed by atoms with Gasteiger partial charge in [-0.3, -0.25) is 4.79 Å². The molecule has 0 aliphatic heterocycles. The molecule has 206 valence electrons. The summed E-state index contributed by atoms with van der Waals surface area (Å²) in [5.74, 6) is -4.57. The van der Waals surface area contributed by atoms with E-state index in [0.717, 1.165) is 18.4 Å². The van der Waals surface area contributed by atoms with Gasteiger partial charge in [0.15, 0.2) is 21.4 Å². The number of sulfone groups is 1. The summed E-state index contributed by atoms with van der Waals surface area (Å²) in [7, 11) is -3.93. The summed E-state index contributed by atoms with van der Waals surface area (Å²) in [4.78, 5) is 20.7. The van der Waals surface area contributed by atoms with Crippen molar-refractivity contribution in [1.82, 2.24) is 15.0 Å². The first kappa shape index (κ1) is 27.0. The lowest BCUT2D eigenvalue weighted by molar-refractivity contribution is -0.136. The van der Waals surface area contributed by atoms with E-state index in [-0.39, 0.29) is 44.1 Å². The van der Waals surface area contributed by atoms with Crippen molar-refractivity contribution >= 4 is 26.7 Å². The minimum atomic E-state index is -3.93. The average molecular weight is 570 g/mol. The molecule has 0 spiro atoms. The maximum Gasteiger partial charge on any atom is 0.307 e. The fourth-order valence-electron chi connectivity index (χ4n) is 4.54. The predicted molar refractivity (Wildman–Crippen MR) is 141 cm³/mol. The van der Waals surface area contributed by atoms with Crippen LogP contribution in [0.1, 0.15) is 29.7 Å². The topological polar surface area (TPSA) is 125 Å². The van der Waals surface area contributed by atoms with E-state index in [1.165, 1.54) is 42.7 Å². The minimum Gasteiger partial charge on any atom is -0.481 e. The number of halogens is 3. The van der Waals surface area contributed by atoms with Crippen LogP contribution in [-0.2, 0) is 21.1 Å². The largest absolute Gasteiger partial charge is 0.481 e. The number of H-pyrrole nitrogens is 2. The van der Waals surface area contributed by atoms with Crippen LogP contribution >= 0.6 is 0 Å². The number of rotatable bonds is 8. The first-order valence-corrected chi connectivity index (χ1v) is 13.8. The smallest absolute Gasteiger partial charge is 0.307 e. The zero-order valence-corrected chi connectivity index (χ0v) is 21.9. The van der Waals surface area contributed by atoms with Gasteiger partial charge in [-0.2, -0.15) is 0 Å². The summed E-state index contributed by atoms with van der Waals surface area (Å²) < 4.78 is 75.6. The number of ether oxygens (including phenoxy) is 1. The van der Waals surface area contributed by atoms with Crippen LogP contribution in [0.5, 0.6) is 11.5 Å². The molecular weight excluding hydrogens is 547 g/mol. The van der Waals surface area contributed by atoms with Crippen LogP contribution in [0.15, 0.2) is 65.8 Å². The Balaban J connectivity index is 1.50. The van der Waals surface area contributed by atoms with Gasteiger partial charge in [0, 0.05) is 41.5 Å². The zero-order chi connectivity index (χ0) is 28.8. The maximum absolute atomic E-state index is 15.0. The van der Waals surface area contributed by atoms with Gasteiger partial charge in [-0.1, -0.05) is 25.1 Å². The van der Waals surface area contributed by atoms with Gasteiger partial charge in [-0.25, -0.2) is 26.6 Å². The number of hydrogen-bond acceptors (Lipinski definition) is 5. The molecule has 0 fully saturated rings. The molecule has 2 aromatic heterocycles. The summed E-state index contributed by atoms with van der Waals surface area (Å²) in [6.45, 7) is 1.67. The maximum atomic E-state index is 15.0. The highest BCUT2D eigenvalue weighted by Gasteiger charge is 2.25. The van der Waals surface area contributed by atoms with Crippen LogP contribution in [0.3, 0.4) is 0 Å². The van der Waals surface area contributed by atoms with Crippen molar-refractivity contribution in [3.8, 4) is 22.9 Å². The third kappa shape index (κ3) is 5.05. The molecule has 0 amide bonds. The van der Waals surface area contributed by atoms with E-state index in [1.54, 1.807) is 13.0 Å². The monoisotopic (exact) mass is 569 g/mol. The molecule has 12 heteroatoms. The number of hydrogen-bond donors (Lipinski definition) is 3. The summed E-state index contributed by atoms with van der Waals surface area (Å²) in [5, 5.41) is 9.28. The first-order chi connectivity index (χ1) is 18.9. The van der Waals surface area contributed by atoms with Gasteiger partial charge in [0.05, 0.1) is 17.7 Å². The van der Waals surface area contributed by atoms with Crippen molar-refractivity contribution in [2.45, 2.75) is 24.2 Å². The zero-order valence-electron chi connectivity index (χ0n) is 21.1. The van der Waals surface area contributed by atoms with E-state index < -0.39 is 51.3 Å². The number of carbonyl (C=O) groups is 1. The molecule has 2 heterocycles. The summed E-state index contributed by atoms with van der Waals surface area (Å²) in [5.41, 5.74) is 0.822. The van der Waals surface area contributed by atoms with E-state index in [2.05, 4.69) is 15.0 Å². The van der Waals surface area contributed by atoms with Crippen LogP contribution in [-0.4, -0.2) is 40.7 Å². The van der Waals surface area contributed by atoms with E-state index >= 15 is 0 Å². The molecule has 3 aromatic carbocycles. The van der Waals surface area contributed by atoms with Crippen LogP contribution in [0.2, 0.25) is 0 Å². The Morgan fingerprint density at radius 1 is 1.07 bits per heavy atom. The van der Waals surface area contributed by atoms with Crippen molar-refractivity contribution < 1.29 is 36.2 Å². The molecule has 40 heavy (non-hydrogen) atoms. The lowest BCUT2D eigenvalue weighted by atomic mass is 9.95. The second-order valence-corrected chi connectivity index (χ2v) is 11.2. The number of nitrogens with zero attached hydrogens (tertiary/aromatic N) is 1. The summed E-state index contributed by atoms with van der Waals surface area (Å²) in [6.07, 6.45) is 3.40. The molecule has 0 bridgehead atoms. The van der Waals surface area contributed by atoms with Crippen LogP contribution in [0.4, 0.5) is 13.2 Å². The molecule has 0 saturated carbocycles. The van der Waals surface area contributed by atoms with Crippen molar-refractivity contribution in [2.75, 3.05) is 6.26 Å². The van der Waals surface area contributed by atoms with Crippen molar-refractivity contribution in [3.05, 3.63) is 95.2 Å². The van der Waals surface area contributed by atoms with Crippen LogP contribution in [0, 0.1) is 17.5 Å². The van der Waals surface area contributed by atoms with Crippen LogP contribution in [0.25, 0.3) is 22.3 Å². The van der Waals surface area contributed by atoms with Crippen LogP contribution < -0.4 is 4.74 Å². The van der Waals surface area contributed by atoms with Gasteiger partial charge in [0.2, 0.25) is 0 Å². The van der Waals surface area contributed by atoms with Gasteiger partial charge in [-0.05, 0) is 35.4 Å². The SMILES string of the molecule is CC(c1c[nH]c(-c2cc(Oc3c(F)cc4[nH]ccc4c3S(C)(=O)=O)ccc2F)n1)c1cccc(CC(=O)O)c1F. The molecule has 1 atom stereocenters. The highest BCUT2D eigenvalue weighted by molar-refractivity contribution is 7.91. The Morgan fingerprint density at radius 3 is 2.58 bits per heavy atom. The first-order valence-electron chi connectivity index (χ1n) is 12.0. The Morgan fingerprint density at radius 2 is 1.85 bits per heavy atom. The highest BCUT2D eigenvalue weighted by Crippen LogP contribution is 2.38. The fourth-order valence-corrected chi connectivity index (χ4v) is 5.60. The molecule has 5 aromatic rings. The lowest BCUT2D eigenvalue weighted by Crippen LogP contribution is -2.07. The Bertz CT molecular complexity index is 1880. The van der Waals surface area contributed by atoms with Gasteiger partial charge >= 0.3 is 5.97 Å². The van der Waals surface area contributed by atoms with E-state index in [1.807, 2.05) is 0 Å². The quantitative estimate of drug-likeness (QED) is 0.212. The molecular formula is C28H22F3N3O5S. The number of aromatic amines is 2. The second kappa shape index (κ2) is 10.2. The third-order valence-corrected chi connectivity index (χ3v) is 7.61. The number of carboxylic acid groups (broad SMARTS) is 1. The normalized spacial score (nSPS) is 12.5. The molecule has 0 aliphatic rings. The molecule has 0 saturated heterocycles. The standard InChI is InChI=1S/C28H22F3N3O5S/c1-14(17-5-3-4-15(25(17)31)10-24(35)36)23-13-33-28(34-23)19-11-16(6-7-20(19)29)39-26-21(30)12-22-18(8-9-32-22)27(26)40(2,37)38/h3-9,11-14,32H,10H2,1-2H3,(H,33,34)(H,35,36). The number of imidazole rings is 1. The van der Waals surface area contributed by atoms with Gasteiger partial charge in [0.1, 0.15) is 28.1 Å². The third-order valence-electron chi connectivity index (χ3n) is 6.46. The molecule has 8 nitrogen and oxygen atoms in total. The molecule has 3 N–H and O–H groups in total. The average Bonchev–Trinajstić information content (AvgIpc) is 3.55. The van der Waals surface area contributed by atoms with Gasteiger partial charge < -0.3 is 19.8 Å². The highest BCUT2D eigenvalue weighted by atomic mass is 32.2. The van der Waals surface area contributed by atoms with Crippen molar-refractivity contribution in [1.29, 1.82) is 0 Å². The molecule has 1 unspecified atom stereocenters.